The van der Waals surface area contributed by atoms with Crippen LogP contribution in [-0.2, 0) is 0 Å². The Morgan fingerprint density at radius 1 is 0.403 bits per heavy atom. The molecule has 4 heterocycles. The van der Waals surface area contributed by atoms with E-state index in [0.717, 1.165) is 98.8 Å². The van der Waals surface area contributed by atoms with E-state index in [0.29, 0.717) is 11.7 Å². The summed E-state index contributed by atoms with van der Waals surface area (Å²) in [6.45, 7) is 0. The molecule has 0 bridgehead atoms. The summed E-state index contributed by atoms with van der Waals surface area (Å²) in [6.07, 6.45) is -0.490. The Balaban J connectivity index is 1.08. The summed E-state index contributed by atoms with van der Waals surface area (Å²) >= 11 is 0. The Morgan fingerprint density at radius 2 is 1.00 bits per heavy atom. The number of nitrogens with one attached hydrogen (secondary N) is 1. The van der Waals surface area contributed by atoms with Crippen molar-refractivity contribution in [1.82, 2.24) is 9.88 Å². The quantitative estimate of drug-likeness (QED) is 0.192. The fourth-order valence-electron chi connectivity index (χ4n) is 10.9. The second-order valence-electron chi connectivity index (χ2n) is 17.7. The first kappa shape index (κ1) is 36.4. The van der Waals surface area contributed by atoms with Crippen molar-refractivity contribution in [2.24, 2.45) is 9.98 Å². The molecular formula is C61H36N4O2. The van der Waals surface area contributed by atoms with E-state index in [2.05, 4.69) is 192 Å². The maximum absolute atomic E-state index is 7.00. The minimum Gasteiger partial charge on any atom is -0.456 e. The Hall–Kier alpha value is -9.00. The van der Waals surface area contributed by atoms with Crippen LogP contribution in [0.25, 0.3) is 114 Å². The van der Waals surface area contributed by atoms with Gasteiger partial charge in [0.2, 0.25) is 0 Å². The van der Waals surface area contributed by atoms with E-state index in [4.69, 9.17) is 18.8 Å². The van der Waals surface area contributed by atoms with Gasteiger partial charge in [0.1, 0.15) is 34.3 Å². The van der Waals surface area contributed by atoms with Gasteiger partial charge in [-0.2, -0.15) is 0 Å². The van der Waals surface area contributed by atoms with Crippen LogP contribution in [0.15, 0.2) is 225 Å². The van der Waals surface area contributed by atoms with Crippen LogP contribution in [0, 0.1) is 0 Å². The highest BCUT2D eigenvalue weighted by Crippen LogP contribution is 2.43. The van der Waals surface area contributed by atoms with Crippen LogP contribution in [0.1, 0.15) is 22.9 Å². The first-order valence-corrected chi connectivity index (χ1v) is 22.7. The highest BCUT2D eigenvalue weighted by Gasteiger charge is 2.29. The summed E-state index contributed by atoms with van der Waals surface area (Å²) in [5, 5.41) is 19.6. The number of para-hydroxylation sites is 1. The number of amidine groups is 2. The Morgan fingerprint density at radius 3 is 1.75 bits per heavy atom. The van der Waals surface area contributed by atoms with Crippen molar-refractivity contribution < 1.29 is 8.83 Å². The Kier molecular flexibility index (Phi) is 7.46. The Labute approximate surface area is 382 Å². The van der Waals surface area contributed by atoms with E-state index in [1.165, 1.54) is 32.3 Å². The third-order valence-corrected chi connectivity index (χ3v) is 14.0. The second kappa shape index (κ2) is 13.8. The van der Waals surface area contributed by atoms with Crippen LogP contribution in [0.3, 0.4) is 0 Å². The maximum atomic E-state index is 7.00. The second-order valence-corrected chi connectivity index (χ2v) is 17.7. The van der Waals surface area contributed by atoms with Crippen molar-refractivity contribution >= 4 is 120 Å². The van der Waals surface area contributed by atoms with Gasteiger partial charge in [-0.05, 0) is 92.3 Å². The summed E-state index contributed by atoms with van der Waals surface area (Å²) in [6, 6.07) is 73.4. The highest BCUT2D eigenvalue weighted by atomic mass is 16.3. The number of fused-ring (bicyclic) bond motifs is 14. The SMILES string of the molecule is c1ccc2cc3c(cc2c1)c1cc2ccccc2cc1n3-c1cc2c(cc1C1=NC(c3cccc4oc5ccccc5c34)=NC(c3cccc4ccccc34)N1)oc1c3ccccc3ccc21. The zero-order valence-corrected chi connectivity index (χ0v) is 35.9. The molecule has 1 N–H and O–H groups in total. The molecule has 0 saturated heterocycles. The minimum absolute atomic E-state index is 0.490. The predicted molar refractivity (Wildman–Crippen MR) is 277 cm³/mol. The monoisotopic (exact) mass is 856 g/mol. The number of aliphatic imine (C=N–C) groups is 2. The molecule has 6 nitrogen and oxygen atoms in total. The molecule has 0 spiro atoms. The van der Waals surface area contributed by atoms with Gasteiger partial charge < -0.3 is 18.7 Å². The van der Waals surface area contributed by atoms with E-state index in [-0.39, 0.29) is 0 Å². The fourth-order valence-corrected chi connectivity index (χ4v) is 10.9. The van der Waals surface area contributed by atoms with Gasteiger partial charge in [-0.15, -0.1) is 0 Å². The van der Waals surface area contributed by atoms with Crippen molar-refractivity contribution in [3.05, 3.63) is 223 Å². The number of hydrogen-bond acceptors (Lipinski definition) is 5. The molecule has 0 amide bonds. The van der Waals surface area contributed by atoms with Gasteiger partial charge in [-0.25, -0.2) is 9.98 Å². The van der Waals surface area contributed by atoms with E-state index in [1.807, 2.05) is 24.3 Å². The molecule has 0 fully saturated rings. The lowest BCUT2D eigenvalue weighted by molar-refractivity contribution is 0.668. The molecule has 1 unspecified atom stereocenters. The van der Waals surface area contributed by atoms with Crippen molar-refractivity contribution in [1.29, 1.82) is 0 Å². The topological polar surface area (TPSA) is 68.0 Å². The standard InChI is InChI=1S/C61H36N4O2/c1-3-17-39-31-51-47(29-37(39)15-1)48-30-38-16-2-4-18-40(38)32-52(48)65(51)53-33-49-43-28-27-36-14-6-8-21-42(36)58(43)67-56(49)34-50(53)61-63-59(44-23-11-19-35-13-5-7-20-41(35)44)62-60(64-61)46-24-12-26-55-57(46)45-22-9-10-25-54(45)66-55/h1-34,59H,(H,62,63,64). The van der Waals surface area contributed by atoms with Crippen molar-refractivity contribution in [3.8, 4) is 5.69 Å². The summed E-state index contributed by atoms with van der Waals surface area (Å²) in [5.41, 5.74) is 9.29. The third-order valence-electron chi connectivity index (χ3n) is 14.0. The van der Waals surface area contributed by atoms with Crippen LogP contribution >= 0.6 is 0 Å². The number of nitrogens with zero attached hydrogens (tertiary/aromatic N) is 3. The average Bonchev–Trinajstić information content (AvgIpc) is 4.05. The highest BCUT2D eigenvalue weighted by molar-refractivity contribution is 6.25. The van der Waals surface area contributed by atoms with Gasteiger partial charge in [0, 0.05) is 54.4 Å². The molecule has 0 radical (unpaired) electrons. The Bertz CT molecular complexity index is 4410. The zero-order valence-electron chi connectivity index (χ0n) is 35.9. The molecule has 6 heteroatoms. The number of rotatable bonds is 4. The lowest BCUT2D eigenvalue weighted by Crippen LogP contribution is -2.34. The number of hydrogen-bond donors (Lipinski definition) is 1. The number of benzene rings is 11. The average molecular weight is 857 g/mol. The van der Waals surface area contributed by atoms with Crippen molar-refractivity contribution in [3.63, 3.8) is 0 Å². The molecule has 1 aliphatic rings. The molecule has 1 atom stereocenters. The third kappa shape index (κ3) is 5.38. The van der Waals surface area contributed by atoms with Crippen LogP contribution in [0.5, 0.6) is 0 Å². The van der Waals surface area contributed by atoms with Crippen LogP contribution in [0.4, 0.5) is 0 Å². The zero-order chi connectivity index (χ0) is 43.7. The molecule has 0 saturated carbocycles. The van der Waals surface area contributed by atoms with Gasteiger partial charge in [0.05, 0.1) is 16.7 Å². The van der Waals surface area contributed by atoms with E-state index >= 15 is 0 Å². The molecule has 3 aromatic heterocycles. The first-order chi connectivity index (χ1) is 33.2. The summed E-state index contributed by atoms with van der Waals surface area (Å²) in [5.74, 6) is 1.30. The fraction of sp³-hybridized carbons (Fsp3) is 0.0164. The minimum atomic E-state index is -0.490. The number of furan rings is 2. The summed E-state index contributed by atoms with van der Waals surface area (Å²) < 4.78 is 15.9. The molecule has 312 valence electrons. The first-order valence-electron chi connectivity index (χ1n) is 22.7. The predicted octanol–water partition coefficient (Wildman–Crippen LogP) is 15.7. The summed E-state index contributed by atoms with van der Waals surface area (Å²) in [4.78, 5) is 11.1. The molecule has 11 aromatic carbocycles. The van der Waals surface area contributed by atoms with Gasteiger partial charge in [-0.3, -0.25) is 0 Å². The molecular weight excluding hydrogens is 821 g/mol. The van der Waals surface area contributed by atoms with E-state index < -0.39 is 6.17 Å². The molecule has 14 aromatic rings. The van der Waals surface area contributed by atoms with Gasteiger partial charge >= 0.3 is 0 Å². The van der Waals surface area contributed by atoms with Gasteiger partial charge in [0.15, 0.2) is 5.84 Å². The molecule has 0 aliphatic carbocycles. The molecule has 15 rings (SSSR count). The van der Waals surface area contributed by atoms with Crippen molar-refractivity contribution in [2.45, 2.75) is 6.17 Å². The van der Waals surface area contributed by atoms with Crippen LogP contribution in [-0.4, -0.2) is 16.2 Å². The molecule has 1 aliphatic heterocycles. The smallest absolute Gasteiger partial charge is 0.160 e. The van der Waals surface area contributed by atoms with Gasteiger partial charge in [0.25, 0.3) is 0 Å². The van der Waals surface area contributed by atoms with E-state index in [1.54, 1.807) is 0 Å². The summed E-state index contributed by atoms with van der Waals surface area (Å²) in [7, 11) is 0. The lowest BCUT2D eigenvalue weighted by atomic mass is 10.00. The largest absolute Gasteiger partial charge is 0.456 e. The van der Waals surface area contributed by atoms with Gasteiger partial charge in [-0.1, -0.05) is 152 Å². The maximum Gasteiger partial charge on any atom is 0.160 e. The van der Waals surface area contributed by atoms with Crippen molar-refractivity contribution in [2.75, 3.05) is 0 Å². The number of aromatic nitrogens is 1. The van der Waals surface area contributed by atoms with E-state index in [9.17, 15) is 0 Å². The normalized spacial score (nSPS) is 14.4. The molecule has 67 heavy (non-hydrogen) atoms. The lowest BCUT2D eigenvalue weighted by Gasteiger charge is -2.26. The van der Waals surface area contributed by atoms with Crippen LogP contribution < -0.4 is 5.32 Å². The van der Waals surface area contributed by atoms with Crippen LogP contribution in [0.2, 0.25) is 0 Å².